The number of carbonyl (C=O) groups is 1. The maximum atomic E-state index is 13.3. The molecule has 1 saturated heterocycles. The number of methoxy groups -OCH3 is 1. The third-order valence-electron chi connectivity index (χ3n) is 5.32. The number of aryl methyl sites for hydroxylation is 1. The number of carbonyl (C=O) groups excluding carboxylic acids is 1. The minimum atomic E-state index is -0.145. The van der Waals surface area contributed by atoms with Crippen LogP contribution in [0.5, 0.6) is 5.75 Å². The van der Waals surface area contributed by atoms with E-state index in [2.05, 4.69) is 21.8 Å². The number of hydrogen-bond donors (Lipinski definition) is 0. The molecule has 4 aromatic rings. The van der Waals surface area contributed by atoms with Crippen LogP contribution in [0.25, 0.3) is 23.0 Å². The van der Waals surface area contributed by atoms with E-state index in [4.69, 9.17) is 9.84 Å². The summed E-state index contributed by atoms with van der Waals surface area (Å²) in [5.41, 5.74) is 3.40. The van der Waals surface area contributed by atoms with Gasteiger partial charge in [-0.15, -0.1) is 16.8 Å². The van der Waals surface area contributed by atoms with Crippen molar-refractivity contribution in [3.63, 3.8) is 0 Å². The molecule has 0 aliphatic carbocycles. The molecule has 0 atom stereocenters. The Morgan fingerprint density at radius 3 is 2.56 bits per heavy atom. The Morgan fingerprint density at radius 2 is 1.89 bits per heavy atom. The minimum Gasteiger partial charge on any atom is -0.497 e. The van der Waals surface area contributed by atoms with E-state index in [-0.39, 0.29) is 5.91 Å². The summed E-state index contributed by atoms with van der Waals surface area (Å²) in [4.78, 5) is 20.1. The van der Waals surface area contributed by atoms with Crippen molar-refractivity contribution < 1.29 is 9.53 Å². The molecule has 0 unspecified atom stereocenters. The highest BCUT2D eigenvalue weighted by atomic mass is 32.2. The molecule has 1 aliphatic rings. The Hall–Kier alpha value is -4.02. The summed E-state index contributed by atoms with van der Waals surface area (Å²) in [6, 6.07) is 17.5. The van der Waals surface area contributed by atoms with Gasteiger partial charge in [0.2, 0.25) is 5.13 Å². The fourth-order valence-electron chi connectivity index (χ4n) is 3.61. The maximum absolute atomic E-state index is 13.3. The normalized spacial score (nSPS) is 15.7. The van der Waals surface area contributed by atoms with Crippen LogP contribution in [0.3, 0.4) is 0 Å². The fraction of sp³-hybridized carbons (Fsp3) is 0.115. The number of aromatic nitrogens is 4. The molecule has 8 nitrogen and oxygen atoms in total. The second-order valence-electron chi connectivity index (χ2n) is 7.75. The van der Waals surface area contributed by atoms with Crippen molar-refractivity contribution in [3.8, 4) is 22.7 Å². The number of thioether (sulfide) groups is 1. The summed E-state index contributed by atoms with van der Waals surface area (Å²) in [5, 5.41) is 14.8. The van der Waals surface area contributed by atoms with Crippen molar-refractivity contribution in [2.75, 3.05) is 13.7 Å². The van der Waals surface area contributed by atoms with Gasteiger partial charge in [-0.25, -0.2) is 4.68 Å². The van der Waals surface area contributed by atoms with E-state index in [1.165, 1.54) is 23.1 Å². The molecule has 3 heterocycles. The molecule has 5 rings (SSSR count). The van der Waals surface area contributed by atoms with Gasteiger partial charge < -0.3 is 4.74 Å². The van der Waals surface area contributed by atoms with E-state index in [1.807, 2.05) is 78.5 Å². The molecule has 0 saturated carbocycles. The van der Waals surface area contributed by atoms with Crippen LogP contribution >= 0.6 is 23.1 Å². The lowest BCUT2D eigenvalue weighted by molar-refractivity contribution is -0.121. The van der Waals surface area contributed by atoms with Crippen LogP contribution in [-0.2, 0) is 4.79 Å². The molecule has 0 spiro atoms. The summed E-state index contributed by atoms with van der Waals surface area (Å²) in [6.07, 6.45) is 5.47. The summed E-state index contributed by atoms with van der Waals surface area (Å²) in [5.74, 6) is 0.614. The topological polar surface area (TPSA) is 85.5 Å². The van der Waals surface area contributed by atoms with E-state index in [0.29, 0.717) is 21.7 Å². The molecule has 1 amide bonds. The maximum Gasteiger partial charge on any atom is 0.267 e. The van der Waals surface area contributed by atoms with Gasteiger partial charge in [0.15, 0.2) is 5.17 Å². The van der Waals surface area contributed by atoms with E-state index < -0.39 is 0 Å². The van der Waals surface area contributed by atoms with Gasteiger partial charge in [-0.05, 0) is 61.2 Å². The molecule has 2 aromatic heterocycles. The van der Waals surface area contributed by atoms with E-state index in [1.54, 1.807) is 18.1 Å². The zero-order chi connectivity index (χ0) is 25.1. The molecule has 36 heavy (non-hydrogen) atoms. The fourth-order valence-corrected chi connectivity index (χ4v) is 5.21. The Kier molecular flexibility index (Phi) is 6.79. The van der Waals surface area contributed by atoms with Crippen LogP contribution in [-0.4, -0.2) is 49.6 Å². The number of nitrogens with zero attached hydrogens (tertiary/aromatic N) is 6. The van der Waals surface area contributed by atoms with Crippen molar-refractivity contribution in [3.05, 3.63) is 88.9 Å². The van der Waals surface area contributed by atoms with Crippen LogP contribution in [0.15, 0.2) is 83.3 Å². The van der Waals surface area contributed by atoms with Crippen LogP contribution < -0.4 is 4.74 Å². The minimum absolute atomic E-state index is 0.145. The monoisotopic (exact) mass is 514 g/mol. The second-order valence-corrected chi connectivity index (χ2v) is 9.92. The Balaban J connectivity index is 1.58. The largest absolute Gasteiger partial charge is 0.497 e. The van der Waals surface area contributed by atoms with Crippen LogP contribution in [0.4, 0.5) is 5.13 Å². The molecule has 10 heteroatoms. The van der Waals surface area contributed by atoms with Gasteiger partial charge in [0, 0.05) is 23.9 Å². The molecule has 1 aliphatic heterocycles. The first-order valence-electron chi connectivity index (χ1n) is 11.1. The predicted molar refractivity (Wildman–Crippen MR) is 145 cm³/mol. The number of amides is 1. The van der Waals surface area contributed by atoms with Gasteiger partial charge >= 0.3 is 0 Å². The van der Waals surface area contributed by atoms with Gasteiger partial charge in [-0.1, -0.05) is 35.6 Å². The molecule has 0 N–H and O–H groups in total. The van der Waals surface area contributed by atoms with Crippen molar-refractivity contribution in [1.82, 2.24) is 24.9 Å². The van der Waals surface area contributed by atoms with Gasteiger partial charge in [0.1, 0.15) is 10.8 Å². The summed E-state index contributed by atoms with van der Waals surface area (Å²) >= 11 is 2.68. The highest BCUT2D eigenvalue weighted by Gasteiger charge is 2.33. The molecular weight excluding hydrogens is 492 g/mol. The van der Waals surface area contributed by atoms with Gasteiger partial charge in [-0.3, -0.25) is 9.69 Å². The molecule has 0 bridgehead atoms. The Bertz CT molecular complexity index is 1470. The SMILES string of the molecule is C=CCN1C(=O)/C(=C/c2cn(-c3ccccc3)nc2-c2ccc(OC)cc2)S/C1=N/c1nnc(C)s1. The van der Waals surface area contributed by atoms with Crippen molar-refractivity contribution in [1.29, 1.82) is 0 Å². The lowest BCUT2D eigenvalue weighted by Gasteiger charge is -2.11. The zero-order valence-corrected chi connectivity index (χ0v) is 21.3. The smallest absolute Gasteiger partial charge is 0.267 e. The summed E-state index contributed by atoms with van der Waals surface area (Å²) < 4.78 is 7.12. The number of hydrogen-bond acceptors (Lipinski definition) is 8. The highest BCUT2D eigenvalue weighted by Crippen LogP contribution is 2.36. The molecular formula is C26H22N6O2S2. The number of rotatable bonds is 7. The Morgan fingerprint density at radius 1 is 1.11 bits per heavy atom. The standard InChI is InChI=1S/C26H22N6O2S2/c1-4-14-31-24(33)22(36-26(31)27-25-29-28-17(2)35-25)15-19-16-32(20-8-6-5-7-9-20)30-23(19)18-10-12-21(34-3)13-11-18/h4-13,15-16H,1,14H2,2-3H3/b22-15-,27-26+. The molecule has 180 valence electrons. The first kappa shape index (κ1) is 23.7. The number of para-hydroxylation sites is 1. The summed E-state index contributed by atoms with van der Waals surface area (Å²) in [6.45, 7) is 6.00. The zero-order valence-electron chi connectivity index (χ0n) is 19.7. The quantitative estimate of drug-likeness (QED) is 0.239. The number of benzene rings is 2. The number of amidine groups is 1. The third kappa shape index (κ3) is 4.86. The average Bonchev–Trinajstić information content (AvgIpc) is 3.59. The van der Waals surface area contributed by atoms with Gasteiger partial charge in [0.25, 0.3) is 5.91 Å². The second kappa shape index (κ2) is 10.3. The lowest BCUT2D eigenvalue weighted by Crippen LogP contribution is -2.29. The van der Waals surface area contributed by atoms with E-state index in [9.17, 15) is 4.79 Å². The third-order valence-corrected chi connectivity index (χ3v) is 7.06. The van der Waals surface area contributed by atoms with E-state index >= 15 is 0 Å². The van der Waals surface area contributed by atoms with Gasteiger partial charge in [-0.2, -0.15) is 10.1 Å². The van der Waals surface area contributed by atoms with Crippen molar-refractivity contribution in [2.24, 2.45) is 4.99 Å². The first-order valence-corrected chi connectivity index (χ1v) is 12.7. The summed E-state index contributed by atoms with van der Waals surface area (Å²) in [7, 11) is 1.63. The Labute approximate surface area is 216 Å². The molecule has 2 aromatic carbocycles. The molecule has 1 fully saturated rings. The predicted octanol–water partition coefficient (Wildman–Crippen LogP) is 5.50. The van der Waals surface area contributed by atoms with Crippen LogP contribution in [0.1, 0.15) is 10.6 Å². The molecule has 0 radical (unpaired) electrons. The van der Waals surface area contributed by atoms with Crippen molar-refractivity contribution >= 4 is 45.4 Å². The number of aliphatic imine (C=N–C) groups is 1. The average molecular weight is 515 g/mol. The van der Waals surface area contributed by atoms with E-state index in [0.717, 1.165) is 33.3 Å². The van der Waals surface area contributed by atoms with Crippen molar-refractivity contribution in [2.45, 2.75) is 6.92 Å². The first-order chi connectivity index (χ1) is 17.6. The van der Waals surface area contributed by atoms with Crippen LogP contribution in [0, 0.1) is 6.92 Å². The lowest BCUT2D eigenvalue weighted by atomic mass is 10.1. The number of ether oxygens (including phenoxy) is 1. The van der Waals surface area contributed by atoms with Gasteiger partial charge in [0.05, 0.1) is 23.4 Å². The highest BCUT2D eigenvalue weighted by molar-refractivity contribution is 8.18. The van der Waals surface area contributed by atoms with Crippen LogP contribution in [0.2, 0.25) is 0 Å².